The van der Waals surface area contributed by atoms with Crippen LogP contribution in [0.5, 0.6) is 0 Å². The Morgan fingerprint density at radius 1 is 1.07 bits per heavy atom. The average Bonchev–Trinajstić information content (AvgIpc) is 3.09. The largest absolute Gasteiger partial charge is 0.416 e. The highest BCUT2D eigenvalue weighted by molar-refractivity contribution is 7.89. The zero-order valence-electron chi connectivity index (χ0n) is 15.8. The van der Waals surface area contributed by atoms with Crippen LogP contribution in [0.2, 0.25) is 0 Å². The smallest absolute Gasteiger partial charge is 0.297 e. The summed E-state index contributed by atoms with van der Waals surface area (Å²) < 4.78 is 67.7. The van der Waals surface area contributed by atoms with E-state index in [9.17, 15) is 21.6 Å². The Morgan fingerprint density at radius 2 is 1.79 bits per heavy atom. The number of benzene rings is 2. The van der Waals surface area contributed by atoms with Gasteiger partial charge in [0.15, 0.2) is 0 Å². The van der Waals surface area contributed by atoms with Crippen molar-refractivity contribution in [2.24, 2.45) is 0 Å². The monoisotopic (exact) mass is 426 g/mol. The van der Waals surface area contributed by atoms with E-state index in [-0.39, 0.29) is 18.7 Å². The first-order valence-electron chi connectivity index (χ1n) is 9.26. The highest BCUT2D eigenvalue weighted by atomic mass is 32.2. The third-order valence-electron chi connectivity index (χ3n) is 5.58. The van der Waals surface area contributed by atoms with Crippen molar-refractivity contribution in [3.8, 4) is 0 Å². The average molecular weight is 426 g/mol. The van der Waals surface area contributed by atoms with Gasteiger partial charge in [0, 0.05) is 20.1 Å². The molecule has 156 valence electrons. The summed E-state index contributed by atoms with van der Waals surface area (Å²) in [7, 11) is -2.25. The summed E-state index contributed by atoms with van der Waals surface area (Å²) >= 11 is 0. The van der Waals surface area contributed by atoms with Gasteiger partial charge in [0.05, 0.1) is 18.2 Å². The summed E-state index contributed by atoms with van der Waals surface area (Å²) in [4.78, 5) is 5.45. The van der Waals surface area contributed by atoms with E-state index in [1.165, 1.54) is 21.5 Å². The van der Waals surface area contributed by atoms with Crippen LogP contribution in [0.1, 0.15) is 28.3 Å². The summed E-state index contributed by atoms with van der Waals surface area (Å²) in [6.45, 7) is 0.501. The fraction of sp³-hybridized carbons (Fsp3) is 0.400. The Bertz CT molecular complexity index is 1010. The quantitative estimate of drug-likeness (QED) is 0.755. The number of hydrogen-bond donors (Lipinski definition) is 0. The molecule has 2 aliphatic heterocycles. The van der Waals surface area contributed by atoms with Gasteiger partial charge in [-0.1, -0.05) is 36.4 Å². The molecule has 2 aromatic rings. The first kappa shape index (κ1) is 20.3. The Labute approximate surface area is 167 Å². The van der Waals surface area contributed by atoms with Crippen molar-refractivity contribution in [3.63, 3.8) is 0 Å². The lowest BCUT2D eigenvalue weighted by Gasteiger charge is -2.32. The number of halogens is 3. The van der Waals surface area contributed by atoms with Crippen LogP contribution >= 0.6 is 0 Å². The SMILES string of the molecule is CN1OC[C@H](S(=O)(=O)N2CCc3ccccc3C2)[C@@H]1c1cccc(C(F)(F)F)c1. The van der Waals surface area contributed by atoms with Gasteiger partial charge in [0.25, 0.3) is 0 Å². The molecule has 9 heteroatoms. The minimum absolute atomic E-state index is 0.0993. The lowest BCUT2D eigenvalue weighted by molar-refractivity contribution is -0.138. The van der Waals surface area contributed by atoms with Crippen LogP contribution in [0.25, 0.3) is 0 Å². The molecule has 29 heavy (non-hydrogen) atoms. The molecule has 0 spiro atoms. The molecule has 0 unspecified atom stereocenters. The van der Waals surface area contributed by atoms with Gasteiger partial charge in [0.2, 0.25) is 10.0 Å². The first-order chi connectivity index (χ1) is 13.7. The van der Waals surface area contributed by atoms with E-state index in [2.05, 4.69) is 0 Å². The van der Waals surface area contributed by atoms with Gasteiger partial charge in [-0.25, -0.2) is 8.42 Å². The number of alkyl halides is 3. The second kappa shape index (κ2) is 7.39. The van der Waals surface area contributed by atoms with Crippen molar-refractivity contribution in [1.29, 1.82) is 0 Å². The van der Waals surface area contributed by atoms with Crippen molar-refractivity contribution in [1.82, 2.24) is 9.37 Å². The molecule has 2 aliphatic rings. The number of hydrogen-bond acceptors (Lipinski definition) is 4. The van der Waals surface area contributed by atoms with Crippen LogP contribution in [0.3, 0.4) is 0 Å². The van der Waals surface area contributed by atoms with Crippen molar-refractivity contribution in [2.75, 3.05) is 20.2 Å². The van der Waals surface area contributed by atoms with E-state index >= 15 is 0 Å². The summed E-state index contributed by atoms with van der Waals surface area (Å²) in [6, 6.07) is 11.6. The van der Waals surface area contributed by atoms with Crippen molar-refractivity contribution >= 4 is 10.0 Å². The fourth-order valence-corrected chi connectivity index (χ4v) is 5.98. The summed E-state index contributed by atoms with van der Waals surface area (Å²) in [6.07, 6.45) is -3.90. The maximum atomic E-state index is 13.4. The molecule has 2 heterocycles. The standard InChI is InChI=1S/C20H21F3N2O3S/c1-24-19(15-7-4-8-17(11-15)20(21,22)23)18(13-28-24)29(26,27)25-10-9-14-5-2-3-6-16(14)12-25/h2-8,11,18-19H,9-10,12-13H2,1H3/t18-,19-/m0/s1. The van der Waals surface area contributed by atoms with Gasteiger partial charge in [-0.05, 0) is 35.2 Å². The van der Waals surface area contributed by atoms with Gasteiger partial charge in [-0.15, -0.1) is 0 Å². The Morgan fingerprint density at radius 3 is 2.52 bits per heavy atom. The molecule has 2 atom stereocenters. The lowest BCUT2D eigenvalue weighted by Crippen LogP contribution is -2.44. The van der Waals surface area contributed by atoms with Gasteiger partial charge in [0.1, 0.15) is 5.25 Å². The number of sulfonamides is 1. The molecule has 4 rings (SSSR count). The molecule has 0 aromatic heterocycles. The second-order valence-corrected chi connectivity index (χ2v) is 9.50. The molecule has 2 aromatic carbocycles. The van der Waals surface area contributed by atoms with Crippen LogP contribution in [-0.4, -0.2) is 43.2 Å². The molecular weight excluding hydrogens is 405 g/mol. The Kier molecular flexibility index (Phi) is 5.18. The van der Waals surface area contributed by atoms with E-state index in [4.69, 9.17) is 4.84 Å². The number of fused-ring (bicyclic) bond motifs is 1. The zero-order valence-corrected chi connectivity index (χ0v) is 16.6. The predicted molar refractivity (Wildman–Crippen MR) is 101 cm³/mol. The minimum atomic E-state index is -4.50. The maximum absolute atomic E-state index is 13.4. The topological polar surface area (TPSA) is 49.9 Å². The minimum Gasteiger partial charge on any atom is -0.297 e. The molecule has 0 amide bonds. The van der Waals surface area contributed by atoms with E-state index in [1.54, 1.807) is 7.05 Å². The van der Waals surface area contributed by atoms with Gasteiger partial charge in [-0.3, -0.25) is 4.84 Å². The third-order valence-corrected chi connectivity index (χ3v) is 7.77. The van der Waals surface area contributed by atoms with E-state index in [1.807, 2.05) is 24.3 Å². The molecular formula is C20H21F3N2O3S. The number of hydroxylamine groups is 2. The molecule has 0 N–H and O–H groups in total. The molecule has 0 bridgehead atoms. The fourth-order valence-electron chi connectivity index (χ4n) is 4.05. The predicted octanol–water partition coefficient (Wildman–Crippen LogP) is 3.38. The lowest BCUT2D eigenvalue weighted by atomic mass is 10.0. The molecule has 5 nitrogen and oxygen atoms in total. The maximum Gasteiger partial charge on any atom is 0.416 e. The number of nitrogens with zero attached hydrogens (tertiary/aromatic N) is 2. The number of rotatable bonds is 3. The van der Waals surface area contributed by atoms with Crippen LogP contribution in [-0.2, 0) is 34.0 Å². The van der Waals surface area contributed by atoms with Gasteiger partial charge >= 0.3 is 6.18 Å². The van der Waals surface area contributed by atoms with Crippen molar-refractivity contribution in [2.45, 2.75) is 30.4 Å². The van der Waals surface area contributed by atoms with Crippen LogP contribution < -0.4 is 0 Å². The zero-order chi connectivity index (χ0) is 20.8. The van der Waals surface area contributed by atoms with Gasteiger partial charge in [-0.2, -0.15) is 22.5 Å². The summed E-state index contributed by atoms with van der Waals surface area (Å²) in [5.41, 5.74) is 1.53. The highest BCUT2D eigenvalue weighted by Gasteiger charge is 2.46. The summed E-state index contributed by atoms with van der Waals surface area (Å²) in [5, 5.41) is 0.358. The van der Waals surface area contributed by atoms with E-state index < -0.39 is 33.1 Å². The Balaban J connectivity index is 1.65. The van der Waals surface area contributed by atoms with Crippen molar-refractivity contribution < 1.29 is 26.4 Å². The van der Waals surface area contributed by atoms with Crippen LogP contribution in [0.4, 0.5) is 13.2 Å². The molecule has 1 fully saturated rings. The highest BCUT2D eigenvalue weighted by Crippen LogP contribution is 2.38. The first-order valence-corrected chi connectivity index (χ1v) is 10.8. The van der Waals surface area contributed by atoms with Crippen molar-refractivity contribution in [3.05, 3.63) is 70.8 Å². The normalized spacial score (nSPS) is 23.9. The van der Waals surface area contributed by atoms with E-state index in [0.29, 0.717) is 13.0 Å². The molecule has 0 saturated carbocycles. The molecule has 0 aliphatic carbocycles. The van der Waals surface area contributed by atoms with Crippen LogP contribution in [0.15, 0.2) is 48.5 Å². The second-order valence-electron chi connectivity index (χ2n) is 7.35. The summed E-state index contributed by atoms with van der Waals surface area (Å²) in [5.74, 6) is 0. The van der Waals surface area contributed by atoms with E-state index in [0.717, 1.165) is 23.3 Å². The van der Waals surface area contributed by atoms with Gasteiger partial charge < -0.3 is 0 Å². The Hall–Kier alpha value is -1.94. The molecule has 0 radical (unpaired) electrons. The molecule has 1 saturated heterocycles. The third kappa shape index (κ3) is 3.79. The van der Waals surface area contributed by atoms with Crippen LogP contribution in [0, 0.1) is 0 Å².